The molecule has 1 heterocycles. The zero-order valence-electron chi connectivity index (χ0n) is 16.5. The summed E-state index contributed by atoms with van der Waals surface area (Å²) in [4.78, 5) is 26.0. The minimum absolute atomic E-state index is 0.224. The largest absolute Gasteiger partial charge is 0.496 e. The van der Waals surface area contributed by atoms with Crippen molar-refractivity contribution in [3.05, 3.63) is 87.6 Å². The van der Waals surface area contributed by atoms with Gasteiger partial charge in [0.1, 0.15) is 11.8 Å². The number of thiophene rings is 1. The molecule has 3 rings (SSSR count). The molecule has 150 valence electrons. The second-order valence-corrected chi connectivity index (χ2v) is 7.66. The van der Waals surface area contributed by atoms with Crippen LogP contribution in [0.3, 0.4) is 0 Å². The van der Waals surface area contributed by atoms with E-state index in [0.717, 1.165) is 22.4 Å². The van der Waals surface area contributed by atoms with E-state index in [9.17, 15) is 9.59 Å². The van der Waals surface area contributed by atoms with Crippen LogP contribution >= 0.6 is 11.3 Å². The van der Waals surface area contributed by atoms with E-state index in [2.05, 4.69) is 10.6 Å². The van der Waals surface area contributed by atoms with Gasteiger partial charge in [-0.3, -0.25) is 9.59 Å². The maximum Gasteiger partial charge on any atom is 0.262 e. The number of rotatable bonds is 8. The van der Waals surface area contributed by atoms with Crippen LogP contribution in [0.1, 0.15) is 26.4 Å². The van der Waals surface area contributed by atoms with Crippen LogP contribution in [-0.4, -0.2) is 25.0 Å². The Morgan fingerprint density at radius 3 is 2.52 bits per heavy atom. The minimum Gasteiger partial charge on any atom is -0.496 e. The van der Waals surface area contributed by atoms with E-state index >= 15 is 0 Å². The molecule has 0 bridgehead atoms. The van der Waals surface area contributed by atoms with E-state index < -0.39 is 6.04 Å². The average Bonchev–Trinajstić information content (AvgIpc) is 3.28. The number of carbonyl (C=O) groups excluding carboxylic acids is 2. The molecule has 0 aliphatic rings. The standard InChI is InChI=1S/C23H24N2O3S/c1-16-10-11-18(14-20(16)28-2)15-24-22(26)19(13-17-7-4-3-5-8-17)25-23(27)21-9-6-12-29-21/h3-12,14,19H,13,15H2,1-2H3,(H,24,26)(H,25,27). The first kappa shape index (κ1) is 20.6. The predicted molar refractivity (Wildman–Crippen MR) is 115 cm³/mol. The lowest BCUT2D eigenvalue weighted by Gasteiger charge is -2.19. The fourth-order valence-corrected chi connectivity index (χ4v) is 3.61. The quantitative estimate of drug-likeness (QED) is 0.597. The molecule has 0 aliphatic carbocycles. The van der Waals surface area contributed by atoms with Crippen molar-refractivity contribution >= 4 is 23.2 Å². The molecule has 2 aromatic carbocycles. The van der Waals surface area contributed by atoms with Crippen LogP contribution in [-0.2, 0) is 17.8 Å². The molecule has 0 aliphatic heterocycles. The van der Waals surface area contributed by atoms with Gasteiger partial charge in [0.25, 0.3) is 5.91 Å². The van der Waals surface area contributed by atoms with Gasteiger partial charge in [-0.25, -0.2) is 0 Å². The fraction of sp³-hybridized carbons (Fsp3) is 0.217. The van der Waals surface area contributed by atoms with Gasteiger partial charge >= 0.3 is 0 Å². The Labute approximate surface area is 174 Å². The van der Waals surface area contributed by atoms with E-state index in [4.69, 9.17) is 4.74 Å². The minimum atomic E-state index is -0.667. The number of carbonyl (C=O) groups is 2. The molecule has 1 aromatic heterocycles. The van der Waals surface area contributed by atoms with E-state index in [1.54, 1.807) is 13.2 Å². The number of aryl methyl sites for hydroxylation is 1. The van der Waals surface area contributed by atoms with Crippen LogP contribution in [0.15, 0.2) is 66.0 Å². The SMILES string of the molecule is COc1cc(CNC(=O)C(Cc2ccccc2)NC(=O)c2cccs2)ccc1C. The van der Waals surface area contributed by atoms with Crippen LogP contribution in [0.25, 0.3) is 0 Å². The third-order valence-corrected chi connectivity index (χ3v) is 5.46. The van der Waals surface area contributed by atoms with Gasteiger partial charge in [-0.1, -0.05) is 48.5 Å². The van der Waals surface area contributed by atoms with Crippen molar-refractivity contribution in [3.63, 3.8) is 0 Å². The Morgan fingerprint density at radius 1 is 1.03 bits per heavy atom. The van der Waals surface area contributed by atoms with E-state index in [1.807, 2.05) is 66.9 Å². The number of nitrogens with one attached hydrogen (secondary N) is 2. The summed E-state index contributed by atoms with van der Waals surface area (Å²) >= 11 is 1.35. The number of ether oxygens (including phenoxy) is 1. The van der Waals surface area contributed by atoms with Gasteiger partial charge in [-0.05, 0) is 41.1 Å². The molecule has 0 radical (unpaired) electrons. The molecule has 0 saturated heterocycles. The van der Waals surface area contributed by atoms with Crippen LogP contribution in [0.2, 0.25) is 0 Å². The highest BCUT2D eigenvalue weighted by atomic mass is 32.1. The second kappa shape index (κ2) is 9.89. The molecule has 5 nitrogen and oxygen atoms in total. The van der Waals surface area contributed by atoms with Gasteiger partial charge in [0.05, 0.1) is 12.0 Å². The zero-order chi connectivity index (χ0) is 20.6. The van der Waals surface area contributed by atoms with Crippen LogP contribution in [0.5, 0.6) is 5.75 Å². The number of amides is 2. The predicted octanol–water partition coefficient (Wildman–Crippen LogP) is 3.72. The van der Waals surface area contributed by atoms with Gasteiger partial charge in [0.2, 0.25) is 5.91 Å². The van der Waals surface area contributed by atoms with Gasteiger partial charge < -0.3 is 15.4 Å². The Hall–Kier alpha value is -3.12. The summed E-state index contributed by atoms with van der Waals surface area (Å²) in [6.45, 7) is 2.33. The van der Waals surface area contributed by atoms with Gasteiger partial charge in [0, 0.05) is 13.0 Å². The van der Waals surface area contributed by atoms with Crippen molar-refractivity contribution in [2.45, 2.75) is 25.9 Å². The number of hydrogen-bond acceptors (Lipinski definition) is 4. The Bertz CT molecular complexity index is 956. The summed E-state index contributed by atoms with van der Waals surface area (Å²) in [5.41, 5.74) is 2.95. The summed E-state index contributed by atoms with van der Waals surface area (Å²) in [7, 11) is 1.63. The Kier molecular flexibility index (Phi) is 7.03. The van der Waals surface area contributed by atoms with Gasteiger partial charge in [-0.15, -0.1) is 11.3 Å². The maximum absolute atomic E-state index is 12.9. The lowest BCUT2D eigenvalue weighted by atomic mass is 10.0. The number of benzene rings is 2. The van der Waals surface area contributed by atoms with Crippen molar-refractivity contribution in [2.75, 3.05) is 7.11 Å². The number of hydrogen-bond donors (Lipinski definition) is 2. The topological polar surface area (TPSA) is 67.4 Å². The monoisotopic (exact) mass is 408 g/mol. The molecule has 2 N–H and O–H groups in total. The molecule has 0 saturated carbocycles. The average molecular weight is 409 g/mol. The molecule has 29 heavy (non-hydrogen) atoms. The Balaban J connectivity index is 1.70. The lowest BCUT2D eigenvalue weighted by molar-refractivity contribution is -0.123. The van der Waals surface area contributed by atoms with Crippen molar-refractivity contribution in [1.29, 1.82) is 0 Å². The molecular weight excluding hydrogens is 384 g/mol. The summed E-state index contributed by atoms with van der Waals surface area (Å²) in [6, 6.07) is 18.4. The highest BCUT2D eigenvalue weighted by molar-refractivity contribution is 7.12. The van der Waals surface area contributed by atoms with Crippen LogP contribution in [0, 0.1) is 6.92 Å². The summed E-state index contributed by atoms with van der Waals surface area (Å²) in [5, 5.41) is 7.64. The maximum atomic E-state index is 12.9. The zero-order valence-corrected chi connectivity index (χ0v) is 17.3. The van der Waals surface area contributed by atoms with E-state index in [0.29, 0.717) is 17.8 Å². The molecule has 0 fully saturated rings. The van der Waals surface area contributed by atoms with E-state index in [-0.39, 0.29) is 11.8 Å². The van der Waals surface area contributed by atoms with Crippen molar-refractivity contribution in [2.24, 2.45) is 0 Å². The molecule has 0 spiro atoms. The van der Waals surface area contributed by atoms with Crippen molar-refractivity contribution in [1.82, 2.24) is 10.6 Å². The first-order valence-electron chi connectivity index (χ1n) is 9.36. The second-order valence-electron chi connectivity index (χ2n) is 6.71. The molecule has 2 amide bonds. The Morgan fingerprint density at radius 2 is 1.83 bits per heavy atom. The number of methoxy groups -OCH3 is 1. The first-order chi connectivity index (χ1) is 14.1. The third kappa shape index (κ3) is 5.68. The summed E-state index contributed by atoms with van der Waals surface area (Å²) in [5.74, 6) is 0.315. The normalized spacial score (nSPS) is 11.5. The molecule has 3 aromatic rings. The molecule has 1 unspecified atom stereocenters. The third-order valence-electron chi connectivity index (χ3n) is 4.59. The van der Waals surface area contributed by atoms with E-state index in [1.165, 1.54) is 11.3 Å². The van der Waals surface area contributed by atoms with Crippen molar-refractivity contribution in [3.8, 4) is 5.75 Å². The van der Waals surface area contributed by atoms with Crippen LogP contribution < -0.4 is 15.4 Å². The van der Waals surface area contributed by atoms with Crippen LogP contribution in [0.4, 0.5) is 0 Å². The molecular formula is C23H24N2O3S. The highest BCUT2D eigenvalue weighted by Gasteiger charge is 2.22. The lowest BCUT2D eigenvalue weighted by Crippen LogP contribution is -2.47. The molecule has 6 heteroatoms. The molecule has 1 atom stereocenters. The summed E-state index contributed by atoms with van der Waals surface area (Å²) in [6.07, 6.45) is 0.418. The summed E-state index contributed by atoms with van der Waals surface area (Å²) < 4.78 is 5.34. The van der Waals surface area contributed by atoms with Gasteiger partial charge in [0.15, 0.2) is 0 Å². The van der Waals surface area contributed by atoms with Gasteiger partial charge in [-0.2, -0.15) is 0 Å². The highest BCUT2D eigenvalue weighted by Crippen LogP contribution is 2.19. The van der Waals surface area contributed by atoms with Crippen molar-refractivity contribution < 1.29 is 14.3 Å². The smallest absolute Gasteiger partial charge is 0.262 e. The first-order valence-corrected chi connectivity index (χ1v) is 10.2. The fourth-order valence-electron chi connectivity index (χ4n) is 2.98.